The Bertz CT molecular complexity index is 571. The highest BCUT2D eigenvalue weighted by atomic mass is 79.9. The summed E-state index contributed by atoms with van der Waals surface area (Å²) in [6.45, 7) is 1.99. The molecule has 0 fully saturated rings. The molecule has 1 unspecified atom stereocenters. The van der Waals surface area contributed by atoms with Gasteiger partial charge in [-0.1, -0.05) is 40.1 Å². The predicted octanol–water partition coefficient (Wildman–Crippen LogP) is 3.83. The van der Waals surface area contributed by atoms with Gasteiger partial charge in [0, 0.05) is 23.2 Å². The maximum absolute atomic E-state index is 8.56. The van der Waals surface area contributed by atoms with Gasteiger partial charge in [0.15, 0.2) is 5.82 Å². The minimum atomic E-state index is 0.130. The number of rotatable bonds is 5. The molecule has 0 saturated carbocycles. The lowest BCUT2D eigenvalue weighted by molar-refractivity contribution is 0.351. The van der Waals surface area contributed by atoms with Crippen molar-refractivity contribution < 1.29 is 4.52 Å². The first-order valence-electron chi connectivity index (χ1n) is 6.13. The molecule has 0 aliphatic rings. The predicted molar refractivity (Wildman–Crippen MR) is 74.5 cm³/mol. The molecule has 1 aromatic carbocycles. The van der Waals surface area contributed by atoms with E-state index in [4.69, 9.17) is 9.78 Å². The summed E-state index contributed by atoms with van der Waals surface area (Å²) in [6.07, 6.45) is 1.91. The van der Waals surface area contributed by atoms with E-state index in [9.17, 15) is 0 Å². The highest BCUT2D eigenvalue weighted by Gasteiger charge is 2.14. The van der Waals surface area contributed by atoms with Crippen molar-refractivity contribution in [3.8, 4) is 6.07 Å². The summed E-state index contributed by atoms with van der Waals surface area (Å²) >= 11 is 3.40. The Kier molecular flexibility index (Phi) is 4.69. The monoisotopic (exact) mass is 319 g/mol. The molecular weight excluding hydrogens is 306 g/mol. The molecule has 4 nitrogen and oxygen atoms in total. The highest BCUT2D eigenvalue weighted by Crippen LogP contribution is 2.19. The summed E-state index contributed by atoms with van der Waals surface area (Å²) in [5.41, 5.74) is 1.14. The molecule has 0 aliphatic heterocycles. The molecule has 0 amide bonds. The lowest BCUT2D eigenvalue weighted by Gasteiger charge is -2.00. The number of nitriles is 1. The van der Waals surface area contributed by atoms with Crippen LogP contribution in [0.3, 0.4) is 0 Å². The highest BCUT2D eigenvalue weighted by molar-refractivity contribution is 9.10. The van der Waals surface area contributed by atoms with Gasteiger partial charge in [-0.05, 0) is 24.1 Å². The van der Waals surface area contributed by atoms with Crippen LogP contribution in [0.1, 0.15) is 43.0 Å². The van der Waals surface area contributed by atoms with E-state index in [1.54, 1.807) is 0 Å². The van der Waals surface area contributed by atoms with Gasteiger partial charge in [0.25, 0.3) is 0 Å². The first-order valence-corrected chi connectivity index (χ1v) is 6.92. The molecule has 98 valence electrons. The van der Waals surface area contributed by atoms with E-state index in [0.29, 0.717) is 24.6 Å². The Morgan fingerprint density at radius 3 is 2.79 bits per heavy atom. The first-order chi connectivity index (χ1) is 9.19. The molecule has 19 heavy (non-hydrogen) atoms. The summed E-state index contributed by atoms with van der Waals surface area (Å²) in [5, 5.41) is 12.5. The average Bonchev–Trinajstić information content (AvgIpc) is 2.87. The summed E-state index contributed by atoms with van der Waals surface area (Å²) in [6, 6.07) is 10.2. The van der Waals surface area contributed by atoms with Crippen molar-refractivity contribution in [1.82, 2.24) is 10.1 Å². The van der Waals surface area contributed by atoms with Crippen LogP contribution in [-0.2, 0) is 6.42 Å². The lowest BCUT2D eigenvalue weighted by atomic mass is 10.1. The zero-order valence-corrected chi connectivity index (χ0v) is 12.2. The van der Waals surface area contributed by atoms with Gasteiger partial charge in [-0.3, -0.25) is 0 Å². The Morgan fingerprint density at radius 1 is 1.37 bits per heavy atom. The van der Waals surface area contributed by atoms with Crippen LogP contribution in [0.5, 0.6) is 0 Å². The zero-order valence-electron chi connectivity index (χ0n) is 10.6. The third-order valence-electron chi connectivity index (χ3n) is 2.87. The molecule has 2 rings (SSSR count). The van der Waals surface area contributed by atoms with Crippen molar-refractivity contribution in [2.24, 2.45) is 0 Å². The van der Waals surface area contributed by atoms with E-state index in [0.717, 1.165) is 16.5 Å². The van der Waals surface area contributed by atoms with Gasteiger partial charge in [0.05, 0.1) is 6.07 Å². The Morgan fingerprint density at radius 2 is 2.11 bits per heavy atom. The van der Waals surface area contributed by atoms with E-state index in [2.05, 4.69) is 32.1 Å². The van der Waals surface area contributed by atoms with Crippen LogP contribution in [0.4, 0.5) is 0 Å². The van der Waals surface area contributed by atoms with Crippen LogP contribution in [0, 0.1) is 11.3 Å². The maximum atomic E-state index is 8.56. The van der Waals surface area contributed by atoms with Crippen molar-refractivity contribution in [3.63, 3.8) is 0 Å². The average molecular weight is 320 g/mol. The van der Waals surface area contributed by atoms with E-state index >= 15 is 0 Å². The normalized spacial score (nSPS) is 12.1. The largest absolute Gasteiger partial charge is 0.339 e. The molecule has 2 aromatic rings. The number of nitrogens with zero attached hydrogens (tertiary/aromatic N) is 3. The van der Waals surface area contributed by atoms with Crippen LogP contribution in [0.2, 0.25) is 0 Å². The van der Waals surface area contributed by atoms with Crippen molar-refractivity contribution in [2.45, 2.75) is 32.1 Å². The minimum Gasteiger partial charge on any atom is -0.339 e. The van der Waals surface area contributed by atoms with Crippen LogP contribution in [0.15, 0.2) is 33.3 Å². The van der Waals surface area contributed by atoms with Gasteiger partial charge in [-0.2, -0.15) is 10.2 Å². The zero-order chi connectivity index (χ0) is 13.7. The van der Waals surface area contributed by atoms with E-state index in [1.165, 1.54) is 0 Å². The second-order valence-electron chi connectivity index (χ2n) is 4.45. The lowest BCUT2D eigenvalue weighted by Crippen LogP contribution is -1.95. The summed E-state index contributed by atoms with van der Waals surface area (Å²) in [5.74, 6) is 1.43. The Labute approximate surface area is 120 Å². The second-order valence-corrected chi connectivity index (χ2v) is 5.37. The van der Waals surface area contributed by atoms with Crippen molar-refractivity contribution >= 4 is 15.9 Å². The quantitative estimate of drug-likeness (QED) is 0.840. The fourth-order valence-electron chi connectivity index (χ4n) is 1.73. The summed E-state index contributed by atoms with van der Waals surface area (Å²) in [7, 11) is 0. The summed E-state index contributed by atoms with van der Waals surface area (Å²) < 4.78 is 6.29. The Balaban J connectivity index is 2.01. The van der Waals surface area contributed by atoms with E-state index in [1.807, 2.05) is 31.2 Å². The molecular formula is C14H14BrN3O. The van der Waals surface area contributed by atoms with Crippen molar-refractivity contribution in [2.75, 3.05) is 0 Å². The number of halogens is 1. The molecule has 5 heteroatoms. The number of benzene rings is 1. The van der Waals surface area contributed by atoms with Crippen molar-refractivity contribution in [3.05, 3.63) is 46.0 Å². The molecule has 0 spiro atoms. The molecule has 1 aromatic heterocycles. The fraction of sp³-hybridized carbons (Fsp3) is 0.357. The second kappa shape index (κ2) is 6.48. The van der Waals surface area contributed by atoms with Gasteiger partial charge < -0.3 is 4.52 Å². The van der Waals surface area contributed by atoms with Crippen LogP contribution in [-0.4, -0.2) is 10.1 Å². The topological polar surface area (TPSA) is 62.7 Å². The van der Waals surface area contributed by atoms with Gasteiger partial charge >= 0.3 is 0 Å². The van der Waals surface area contributed by atoms with Gasteiger partial charge in [-0.15, -0.1) is 0 Å². The van der Waals surface area contributed by atoms with Crippen LogP contribution in [0.25, 0.3) is 0 Å². The number of aromatic nitrogens is 2. The van der Waals surface area contributed by atoms with E-state index in [-0.39, 0.29) is 5.92 Å². The SMILES string of the molecule is CC(CCC#N)c1nc(Cc2ccc(Br)cc2)no1. The molecule has 1 atom stereocenters. The molecule has 1 heterocycles. The van der Waals surface area contributed by atoms with Crippen LogP contribution < -0.4 is 0 Å². The maximum Gasteiger partial charge on any atom is 0.229 e. The summed E-state index contributed by atoms with van der Waals surface area (Å²) in [4.78, 5) is 4.38. The fourth-order valence-corrected chi connectivity index (χ4v) is 1.99. The molecule has 0 bridgehead atoms. The van der Waals surface area contributed by atoms with Gasteiger partial charge in [-0.25, -0.2) is 0 Å². The molecule has 0 aliphatic carbocycles. The van der Waals surface area contributed by atoms with Gasteiger partial charge in [0.1, 0.15) is 0 Å². The smallest absolute Gasteiger partial charge is 0.229 e. The molecule has 0 radical (unpaired) electrons. The molecule has 0 N–H and O–H groups in total. The number of hydrogen-bond donors (Lipinski definition) is 0. The minimum absolute atomic E-state index is 0.130. The third kappa shape index (κ3) is 3.90. The van der Waals surface area contributed by atoms with Gasteiger partial charge in [0.2, 0.25) is 5.89 Å². The van der Waals surface area contributed by atoms with E-state index < -0.39 is 0 Å². The first kappa shape index (κ1) is 13.8. The molecule has 0 saturated heterocycles. The van der Waals surface area contributed by atoms with Crippen LogP contribution >= 0.6 is 15.9 Å². The van der Waals surface area contributed by atoms with Crippen molar-refractivity contribution in [1.29, 1.82) is 5.26 Å². The third-order valence-corrected chi connectivity index (χ3v) is 3.40. The Hall–Kier alpha value is -1.67. The number of hydrogen-bond acceptors (Lipinski definition) is 4. The standard InChI is InChI=1S/C14H14BrN3O/c1-10(3-2-8-16)14-17-13(18-19-14)9-11-4-6-12(15)7-5-11/h4-7,10H,2-3,9H2,1H3.